The molecular weight excluding hydrogens is 342 g/mol. The monoisotopic (exact) mass is 361 g/mol. The maximum Gasteiger partial charge on any atom is 0.273 e. The van der Waals surface area contributed by atoms with Gasteiger partial charge in [-0.3, -0.25) is 4.79 Å². The van der Waals surface area contributed by atoms with E-state index >= 15 is 0 Å². The van der Waals surface area contributed by atoms with Gasteiger partial charge in [0, 0.05) is 19.6 Å². The number of aromatic nitrogens is 3. The Morgan fingerprint density at radius 2 is 1.92 bits per heavy atom. The van der Waals surface area contributed by atoms with Crippen molar-refractivity contribution in [2.45, 2.75) is 23.8 Å². The summed E-state index contributed by atoms with van der Waals surface area (Å²) in [6, 6.07) is 8.25. The number of nitrogens with zero attached hydrogens (tertiary/aromatic N) is 4. The van der Waals surface area contributed by atoms with Crippen LogP contribution in [0.2, 0.25) is 0 Å². The Kier molecular flexibility index (Phi) is 4.04. The highest BCUT2D eigenvalue weighted by atomic mass is 32.2. The van der Waals surface area contributed by atoms with Crippen LogP contribution < -0.4 is 5.32 Å². The summed E-state index contributed by atoms with van der Waals surface area (Å²) in [5.74, 6) is 0.369. The topological polar surface area (TPSA) is 97.2 Å². The second-order valence-corrected chi connectivity index (χ2v) is 8.46. The van der Waals surface area contributed by atoms with E-state index in [2.05, 4.69) is 15.6 Å². The minimum Gasteiger partial charge on any atom is -0.350 e. The summed E-state index contributed by atoms with van der Waals surface area (Å²) in [6.07, 6.45) is 3.92. The molecule has 9 heteroatoms. The summed E-state index contributed by atoms with van der Waals surface area (Å²) in [5.41, 5.74) is 0.269. The van der Waals surface area contributed by atoms with Crippen LogP contribution in [0.4, 0.5) is 0 Å². The number of benzene rings is 1. The van der Waals surface area contributed by atoms with E-state index < -0.39 is 10.0 Å². The molecule has 4 rings (SSSR count). The van der Waals surface area contributed by atoms with Crippen molar-refractivity contribution >= 4 is 15.9 Å². The summed E-state index contributed by atoms with van der Waals surface area (Å²) in [6.45, 7) is 1.33. The van der Waals surface area contributed by atoms with Crippen LogP contribution in [0.25, 0.3) is 0 Å². The summed E-state index contributed by atoms with van der Waals surface area (Å²) in [5, 5.41) is 10.7. The first-order valence-electron chi connectivity index (χ1n) is 8.29. The van der Waals surface area contributed by atoms with Gasteiger partial charge >= 0.3 is 0 Å². The van der Waals surface area contributed by atoms with Gasteiger partial charge in [-0.05, 0) is 30.9 Å². The maximum atomic E-state index is 12.5. The van der Waals surface area contributed by atoms with Gasteiger partial charge in [-0.1, -0.05) is 23.4 Å². The molecule has 1 aromatic carbocycles. The quantitative estimate of drug-likeness (QED) is 0.815. The van der Waals surface area contributed by atoms with Crippen LogP contribution in [0.5, 0.6) is 0 Å². The fourth-order valence-electron chi connectivity index (χ4n) is 2.73. The second-order valence-electron chi connectivity index (χ2n) is 6.53. The standard InChI is InChI=1S/C16H19N5O3S/c22-16(17-8-12-6-7-12)15-11-21(19-18-15)13-9-20(10-13)25(23,24)14-4-2-1-3-5-14/h1-5,11-13H,6-10H2,(H,17,22). The highest BCUT2D eigenvalue weighted by Gasteiger charge is 2.38. The van der Waals surface area contributed by atoms with E-state index in [1.807, 2.05) is 0 Å². The van der Waals surface area contributed by atoms with Crippen LogP contribution in [0.15, 0.2) is 41.4 Å². The summed E-state index contributed by atoms with van der Waals surface area (Å²) < 4.78 is 27.9. The van der Waals surface area contributed by atoms with Gasteiger partial charge in [0.05, 0.1) is 17.1 Å². The van der Waals surface area contributed by atoms with E-state index in [1.165, 1.54) is 17.1 Å². The Hall–Kier alpha value is -2.26. The zero-order valence-corrected chi connectivity index (χ0v) is 14.4. The Balaban J connectivity index is 1.37. The fraction of sp³-hybridized carbons (Fsp3) is 0.438. The first-order chi connectivity index (χ1) is 12.0. The molecule has 132 valence electrons. The van der Waals surface area contributed by atoms with Crippen LogP contribution in [0.1, 0.15) is 29.4 Å². The third kappa shape index (κ3) is 3.29. The summed E-state index contributed by atoms with van der Waals surface area (Å²) >= 11 is 0. The highest BCUT2D eigenvalue weighted by molar-refractivity contribution is 7.89. The van der Waals surface area contributed by atoms with Crippen molar-refractivity contribution in [3.63, 3.8) is 0 Å². The summed E-state index contributed by atoms with van der Waals surface area (Å²) in [4.78, 5) is 12.3. The van der Waals surface area contributed by atoms with Gasteiger partial charge in [0.15, 0.2) is 5.69 Å². The highest BCUT2D eigenvalue weighted by Crippen LogP contribution is 2.28. The lowest BCUT2D eigenvalue weighted by molar-refractivity contribution is 0.0946. The average molecular weight is 361 g/mol. The molecule has 8 nitrogen and oxygen atoms in total. The van der Waals surface area contributed by atoms with Crippen LogP contribution in [-0.2, 0) is 10.0 Å². The maximum absolute atomic E-state index is 12.5. The Labute approximate surface area is 145 Å². The molecule has 0 spiro atoms. The molecule has 2 fully saturated rings. The van der Waals surface area contributed by atoms with E-state index in [0.29, 0.717) is 25.6 Å². The normalized spacial score (nSPS) is 18.7. The van der Waals surface area contributed by atoms with Crippen molar-refractivity contribution in [2.75, 3.05) is 19.6 Å². The number of hydrogen-bond acceptors (Lipinski definition) is 5. The van der Waals surface area contributed by atoms with Gasteiger partial charge < -0.3 is 5.32 Å². The Morgan fingerprint density at radius 1 is 1.20 bits per heavy atom. The predicted molar refractivity (Wildman–Crippen MR) is 89.3 cm³/mol. The molecule has 2 aromatic rings. The molecule has 0 atom stereocenters. The second kappa shape index (κ2) is 6.23. The zero-order valence-electron chi connectivity index (χ0n) is 13.6. The molecule has 25 heavy (non-hydrogen) atoms. The van der Waals surface area contributed by atoms with Gasteiger partial charge in [-0.25, -0.2) is 13.1 Å². The van der Waals surface area contributed by atoms with E-state index in [4.69, 9.17) is 0 Å². The Morgan fingerprint density at radius 3 is 2.60 bits per heavy atom. The SMILES string of the molecule is O=C(NCC1CC1)c1cn(C2CN(S(=O)(=O)c3ccccc3)C2)nn1. The third-order valence-corrected chi connectivity index (χ3v) is 6.42. The first kappa shape index (κ1) is 16.2. The molecule has 1 aromatic heterocycles. The number of amides is 1. The van der Waals surface area contributed by atoms with Crippen molar-refractivity contribution in [1.29, 1.82) is 0 Å². The molecular formula is C16H19N5O3S. The molecule has 0 unspecified atom stereocenters. The minimum atomic E-state index is -3.47. The van der Waals surface area contributed by atoms with Crippen molar-refractivity contribution in [2.24, 2.45) is 5.92 Å². The minimum absolute atomic E-state index is 0.101. The van der Waals surface area contributed by atoms with E-state index in [0.717, 1.165) is 0 Å². The van der Waals surface area contributed by atoms with Crippen LogP contribution in [0, 0.1) is 5.92 Å². The molecule has 1 saturated carbocycles. The van der Waals surface area contributed by atoms with Gasteiger partial charge in [-0.15, -0.1) is 5.10 Å². The largest absolute Gasteiger partial charge is 0.350 e. The van der Waals surface area contributed by atoms with Crippen LogP contribution in [-0.4, -0.2) is 53.3 Å². The number of nitrogens with one attached hydrogen (secondary N) is 1. The van der Waals surface area contributed by atoms with Crippen molar-refractivity contribution in [1.82, 2.24) is 24.6 Å². The lowest BCUT2D eigenvalue weighted by Gasteiger charge is -2.37. The molecule has 2 heterocycles. The molecule has 1 aliphatic heterocycles. The molecule has 2 aliphatic rings. The van der Waals surface area contributed by atoms with Crippen LogP contribution in [0.3, 0.4) is 0 Å². The molecule has 1 N–H and O–H groups in total. The molecule has 1 aliphatic carbocycles. The number of sulfonamides is 1. The Bertz CT molecular complexity index is 870. The van der Waals surface area contributed by atoms with Crippen molar-refractivity contribution < 1.29 is 13.2 Å². The van der Waals surface area contributed by atoms with Gasteiger partial charge in [-0.2, -0.15) is 4.31 Å². The van der Waals surface area contributed by atoms with Gasteiger partial charge in [0.2, 0.25) is 10.0 Å². The van der Waals surface area contributed by atoms with E-state index in [-0.39, 0.29) is 22.5 Å². The van der Waals surface area contributed by atoms with Crippen molar-refractivity contribution in [3.8, 4) is 0 Å². The number of carbonyl (C=O) groups is 1. The smallest absolute Gasteiger partial charge is 0.273 e. The number of hydrogen-bond donors (Lipinski definition) is 1. The molecule has 0 radical (unpaired) electrons. The fourth-order valence-corrected chi connectivity index (χ4v) is 4.27. The van der Waals surface area contributed by atoms with Crippen LogP contribution >= 0.6 is 0 Å². The molecule has 1 saturated heterocycles. The van der Waals surface area contributed by atoms with Gasteiger partial charge in [0.1, 0.15) is 0 Å². The molecule has 1 amide bonds. The van der Waals surface area contributed by atoms with Crippen molar-refractivity contribution in [3.05, 3.63) is 42.2 Å². The van der Waals surface area contributed by atoms with Gasteiger partial charge in [0.25, 0.3) is 5.91 Å². The third-order valence-electron chi connectivity index (χ3n) is 4.58. The predicted octanol–water partition coefficient (Wildman–Crippen LogP) is 0.663. The number of carbonyl (C=O) groups excluding carboxylic acids is 1. The average Bonchev–Trinajstić information content (AvgIpc) is 3.28. The number of rotatable bonds is 6. The first-order valence-corrected chi connectivity index (χ1v) is 9.73. The lowest BCUT2D eigenvalue weighted by atomic mass is 10.2. The lowest BCUT2D eigenvalue weighted by Crippen LogP contribution is -2.50. The van der Waals surface area contributed by atoms with E-state index in [1.54, 1.807) is 41.2 Å². The summed E-state index contributed by atoms with van der Waals surface area (Å²) in [7, 11) is -3.47. The van der Waals surface area contributed by atoms with E-state index in [9.17, 15) is 13.2 Å². The zero-order chi connectivity index (χ0) is 17.4. The molecule has 0 bridgehead atoms.